The second-order valence-electron chi connectivity index (χ2n) is 24.7. The average molecular weight is 1400 g/mol. The first kappa shape index (κ1) is 71.7. The first-order chi connectivity index (χ1) is 45.7. The van der Waals surface area contributed by atoms with E-state index in [0.717, 1.165) is 58.6 Å². The molecule has 12 rings (SSSR count). The molecular weight excluding hydrogens is 1320 g/mol. The molecule has 2 amide bonds. The van der Waals surface area contributed by atoms with Crippen molar-refractivity contribution in [2.75, 3.05) is 53.1 Å². The van der Waals surface area contributed by atoms with Crippen LogP contribution in [0.1, 0.15) is 96.1 Å². The Morgan fingerprint density at radius 3 is 1.47 bits per heavy atom. The monoisotopic (exact) mass is 1400 g/mol. The SMILES string of the molecule is CC(C)(C)OC(=O)N[C@@H](Cc1ccccc1)[C@H](O)CN(OC1CCCC1)S(=O)(=O)c1ccc2c(c1)OCO2.O=C(N[C@@H](Cc1ccccc1)[C@H](O)CN(OC1CCCC1)S(=O)(=O)c1ccc2c(c1)OCO2)OC1CO[C@H]2OCC[C@@H]12.O=C(OP=NP)OC1CO[C@H]2OCC[C@@H]12. The van der Waals surface area contributed by atoms with Crippen molar-refractivity contribution in [2.24, 2.45) is 16.4 Å². The Labute approximate surface area is 556 Å². The number of hydroxylamine groups is 2. The first-order valence-corrected chi connectivity index (χ1v) is 35.9. The van der Waals surface area contributed by atoms with Crippen LogP contribution in [0.2, 0.25) is 0 Å². The molecule has 11 atom stereocenters. The molecule has 28 nitrogen and oxygen atoms in total. The van der Waals surface area contributed by atoms with Crippen molar-refractivity contribution in [2.45, 2.75) is 175 Å². The number of nitrogens with one attached hydrogen (secondary N) is 2. The molecule has 2 aliphatic carbocycles. The van der Waals surface area contributed by atoms with E-state index in [-0.39, 0.29) is 94.2 Å². The molecule has 95 heavy (non-hydrogen) atoms. The minimum atomic E-state index is -4.23. The molecule has 6 aliphatic heterocycles. The Morgan fingerprint density at radius 2 is 1.03 bits per heavy atom. The van der Waals surface area contributed by atoms with Crippen LogP contribution in [0, 0.1) is 11.8 Å². The Bertz CT molecular complexity index is 3440. The molecule has 32 heteroatoms. The zero-order chi connectivity index (χ0) is 67.1. The predicted molar refractivity (Wildman–Crippen MR) is 340 cm³/mol. The molecule has 4 aromatic rings. The highest BCUT2D eigenvalue weighted by atomic mass is 32.2. The smallest absolute Gasteiger partial charge is 0.454 e. The van der Waals surface area contributed by atoms with E-state index in [2.05, 4.69) is 29.1 Å². The normalized spacial score (nSPS) is 23.4. The van der Waals surface area contributed by atoms with E-state index in [0.29, 0.717) is 68.5 Å². The van der Waals surface area contributed by atoms with Crippen molar-refractivity contribution in [3.8, 4) is 23.0 Å². The fourth-order valence-electron chi connectivity index (χ4n) is 12.0. The van der Waals surface area contributed by atoms with Gasteiger partial charge in [0, 0.05) is 12.1 Å². The molecule has 8 aliphatic rings. The highest BCUT2D eigenvalue weighted by Crippen LogP contribution is 2.39. The van der Waals surface area contributed by atoms with Gasteiger partial charge >= 0.3 is 18.3 Å². The average Bonchev–Trinajstić information content (AvgIpc) is 1.70. The number of ether oxygens (including phenoxy) is 11. The standard InChI is InChI=1S/C29H36N2O10S.C27H36N2O8S.C7H11NO5P2/c32-24(16-31(41-20-8-4-5-9-20)42(34,35)21-10-11-25-26(15-21)39-18-38-25)23(14-19-6-2-1-3-7-19)30-29(33)40-27-17-37-28-22(27)12-13-36-28;1-27(2,3)36-26(31)28-22(15-19-9-5-4-6-10-19)23(30)17-29(37-20-11-7-8-12-20)38(32,33)21-13-14-24-25(16-21)35-18-34-24;9-7(13-15-8-14)12-5-3-11-6-4(5)1-2-10-6/h1-3,6-7,10-11,15,20,22-24,27-28,32H,4-5,8-9,12-14,16-18H2,(H,30,33);4-6,9-10,13-14,16,20,22-23,30H,7-8,11-12,15,17-18H2,1-3H3,(H,28,31);4-6H,1-3,14H2/t22-,23-,24+,27?,28+;22-,23+;4-,5?,6+/m000/s1. The lowest BCUT2D eigenvalue weighted by Gasteiger charge is -2.31. The summed E-state index contributed by atoms with van der Waals surface area (Å²) in [5.41, 5.74) is 0.957. The third-order valence-electron chi connectivity index (χ3n) is 16.8. The topological polar surface area (TPSA) is 332 Å². The molecule has 6 fully saturated rings. The lowest BCUT2D eigenvalue weighted by Crippen LogP contribution is -2.51. The van der Waals surface area contributed by atoms with Crippen molar-refractivity contribution >= 4 is 56.4 Å². The van der Waals surface area contributed by atoms with Crippen LogP contribution >= 0.6 is 18.0 Å². The van der Waals surface area contributed by atoms with Crippen LogP contribution in [0.15, 0.2) is 111 Å². The second-order valence-corrected chi connectivity index (χ2v) is 29.7. The molecule has 4 aromatic carbocycles. The quantitative estimate of drug-likeness (QED) is 0.0235. The van der Waals surface area contributed by atoms with Crippen LogP contribution in [-0.2, 0) is 80.2 Å². The number of hydrogen-bond donors (Lipinski definition) is 4. The molecule has 4 N–H and O–H groups in total. The van der Waals surface area contributed by atoms with Crippen molar-refractivity contribution in [3.63, 3.8) is 0 Å². The summed E-state index contributed by atoms with van der Waals surface area (Å²) in [4.78, 5) is 48.7. The second kappa shape index (κ2) is 33.4. The molecule has 0 bridgehead atoms. The summed E-state index contributed by atoms with van der Waals surface area (Å²) < 4.78 is 124. The van der Waals surface area contributed by atoms with Gasteiger partial charge in [0.05, 0.1) is 97.6 Å². The highest BCUT2D eigenvalue weighted by molar-refractivity contribution is 7.89. The van der Waals surface area contributed by atoms with Gasteiger partial charge in [-0.2, -0.15) is 0 Å². The van der Waals surface area contributed by atoms with E-state index < -0.39 is 87.5 Å². The first-order valence-electron chi connectivity index (χ1n) is 31.7. The number of nitrogens with zero attached hydrogens (tertiary/aromatic N) is 3. The molecule has 3 unspecified atom stereocenters. The number of amides is 2. The van der Waals surface area contributed by atoms with Gasteiger partial charge in [0.2, 0.25) is 13.6 Å². The number of carbonyl (C=O) groups is 3. The minimum absolute atomic E-state index is 0.00415. The van der Waals surface area contributed by atoms with Crippen LogP contribution in [-0.4, -0.2) is 174 Å². The van der Waals surface area contributed by atoms with Crippen molar-refractivity contribution in [1.82, 2.24) is 19.6 Å². The maximum atomic E-state index is 13.9. The maximum Gasteiger partial charge on any atom is 0.518 e. The molecule has 0 spiro atoms. The van der Waals surface area contributed by atoms with Gasteiger partial charge in [-0.1, -0.05) is 95.3 Å². The van der Waals surface area contributed by atoms with Crippen LogP contribution in [0.4, 0.5) is 14.4 Å². The number of fused-ring (bicyclic) bond motifs is 4. The van der Waals surface area contributed by atoms with Crippen molar-refractivity contribution in [3.05, 3.63) is 108 Å². The third kappa shape index (κ3) is 19.8. The Hall–Kier alpha value is -6.08. The van der Waals surface area contributed by atoms with E-state index in [1.807, 2.05) is 60.7 Å². The summed E-state index contributed by atoms with van der Waals surface area (Å²) in [5.74, 6) is 1.64. The Kier molecular flexibility index (Phi) is 25.2. The number of sulfonamides is 2. The largest absolute Gasteiger partial charge is 0.518 e. The molecule has 520 valence electrons. The molecular formula is C63H83N5O23P2S2. The Balaban J connectivity index is 0.000000171. The minimum Gasteiger partial charge on any atom is -0.454 e. The summed E-state index contributed by atoms with van der Waals surface area (Å²) in [6.45, 7) is 6.21. The summed E-state index contributed by atoms with van der Waals surface area (Å²) in [6, 6.07) is 25.5. The highest BCUT2D eigenvalue weighted by Gasteiger charge is 2.46. The number of benzene rings is 4. The van der Waals surface area contributed by atoms with E-state index in [1.165, 1.54) is 36.4 Å². The van der Waals surface area contributed by atoms with E-state index in [9.17, 15) is 41.4 Å². The van der Waals surface area contributed by atoms with Crippen LogP contribution in [0.25, 0.3) is 0 Å². The summed E-state index contributed by atoms with van der Waals surface area (Å²) in [6.07, 6.45) is 1.88. The van der Waals surface area contributed by atoms with E-state index >= 15 is 0 Å². The van der Waals surface area contributed by atoms with Gasteiger partial charge in [-0.05, 0) is 117 Å². The van der Waals surface area contributed by atoms with Crippen LogP contribution < -0.4 is 29.6 Å². The molecule has 0 radical (unpaired) electrons. The van der Waals surface area contributed by atoms with Gasteiger partial charge in [-0.3, -0.25) is 9.68 Å². The van der Waals surface area contributed by atoms with Crippen molar-refractivity contribution in [1.29, 1.82) is 0 Å². The van der Waals surface area contributed by atoms with E-state index in [4.69, 9.17) is 61.8 Å². The molecule has 4 saturated heterocycles. The fraction of sp³-hybridized carbons (Fsp3) is 0.571. The summed E-state index contributed by atoms with van der Waals surface area (Å²) in [7, 11) is -6.12. The zero-order valence-corrected chi connectivity index (χ0v) is 56.6. The number of hydrogen-bond acceptors (Lipinski definition) is 24. The number of aliphatic hydroxyl groups is 2. The van der Waals surface area contributed by atoms with Gasteiger partial charge in [-0.25, -0.2) is 35.7 Å². The predicted octanol–water partition coefficient (Wildman–Crippen LogP) is 8.25. The number of rotatable bonds is 23. The molecule has 2 saturated carbocycles. The molecule has 0 aromatic heterocycles. The van der Waals surface area contributed by atoms with Crippen LogP contribution in [0.5, 0.6) is 23.0 Å². The fourth-order valence-corrected chi connectivity index (χ4v) is 14.9. The van der Waals surface area contributed by atoms with E-state index in [1.54, 1.807) is 20.8 Å². The van der Waals surface area contributed by atoms with Gasteiger partial charge in [0.15, 0.2) is 35.6 Å². The summed E-state index contributed by atoms with van der Waals surface area (Å²) >= 11 is 0. The van der Waals surface area contributed by atoms with Gasteiger partial charge < -0.3 is 77.5 Å². The third-order valence-corrected chi connectivity index (χ3v) is 20.6. The molecule has 6 heterocycles. The number of alkyl carbamates (subject to hydrolysis) is 2. The lowest BCUT2D eigenvalue weighted by molar-refractivity contribution is -0.145. The zero-order valence-electron chi connectivity index (χ0n) is 53.0. The maximum absolute atomic E-state index is 13.9. The lowest BCUT2D eigenvalue weighted by atomic mass is 10.0. The number of aliphatic hydroxyl groups excluding tert-OH is 2. The Morgan fingerprint density at radius 1 is 0.600 bits per heavy atom. The van der Waals surface area contributed by atoms with Gasteiger partial charge in [-0.15, -0.1) is 0 Å². The number of carbonyl (C=O) groups excluding carboxylic acids is 3. The summed E-state index contributed by atoms with van der Waals surface area (Å²) in [5, 5.41) is 28.3. The van der Waals surface area contributed by atoms with Crippen molar-refractivity contribution < 1.29 is 108 Å². The van der Waals surface area contributed by atoms with Crippen LogP contribution in [0.3, 0.4) is 0 Å². The van der Waals surface area contributed by atoms with Gasteiger partial charge in [0.25, 0.3) is 28.6 Å². The van der Waals surface area contributed by atoms with Gasteiger partial charge in [0.1, 0.15) is 17.8 Å².